The number of phosphoric ester groups is 1. The van der Waals surface area contributed by atoms with Crippen molar-refractivity contribution in [3.8, 4) is 17.2 Å². The van der Waals surface area contributed by atoms with Crippen LogP contribution >= 0.6 is 7.82 Å². The summed E-state index contributed by atoms with van der Waals surface area (Å²) >= 11 is 0. The Labute approximate surface area is 243 Å². The van der Waals surface area contributed by atoms with E-state index in [-0.39, 0.29) is 23.8 Å². The van der Waals surface area contributed by atoms with Crippen molar-refractivity contribution in [1.82, 2.24) is 4.98 Å². The molecule has 0 atom stereocenters. The highest BCUT2D eigenvalue weighted by molar-refractivity contribution is 7.46. The quantitative estimate of drug-likeness (QED) is 0.159. The summed E-state index contributed by atoms with van der Waals surface area (Å²) in [6.07, 6.45) is 6.47. The van der Waals surface area contributed by atoms with Gasteiger partial charge in [-0.2, -0.15) is 0 Å². The summed E-state index contributed by atoms with van der Waals surface area (Å²) in [7, 11) is -4.67. The van der Waals surface area contributed by atoms with Crippen LogP contribution in [0.1, 0.15) is 65.4 Å². The number of oxazole rings is 1. The van der Waals surface area contributed by atoms with Crippen LogP contribution in [-0.2, 0) is 11.0 Å². The van der Waals surface area contributed by atoms with Gasteiger partial charge < -0.3 is 14.3 Å². The van der Waals surface area contributed by atoms with Gasteiger partial charge in [0.15, 0.2) is 5.69 Å². The highest BCUT2D eigenvalue weighted by Crippen LogP contribution is 2.38. The first-order chi connectivity index (χ1) is 20.3. The number of hydrogen-bond acceptors (Lipinski definition) is 5. The number of carbonyl (C=O) groups excluding carboxylic acids is 1. The van der Waals surface area contributed by atoms with E-state index in [9.17, 15) is 9.36 Å². The Bertz CT molecular complexity index is 1750. The van der Waals surface area contributed by atoms with Gasteiger partial charge in [0.1, 0.15) is 11.5 Å². The van der Waals surface area contributed by atoms with Gasteiger partial charge in [-0.1, -0.05) is 79.9 Å². The van der Waals surface area contributed by atoms with Gasteiger partial charge in [0, 0.05) is 17.7 Å². The van der Waals surface area contributed by atoms with Gasteiger partial charge in [-0.05, 0) is 71.0 Å². The number of hydrogen-bond donors (Lipinski definition) is 3. The molecule has 0 aliphatic heterocycles. The maximum atomic E-state index is 13.6. The number of anilines is 1. The number of fused-ring (bicyclic) bond motifs is 1. The Morgan fingerprint density at radius 2 is 1.62 bits per heavy atom. The maximum Gasteiger partial charge on any atom is 0.524 e. The zero-order valence-corrected chi connectivity index (χ0v) is 23.8. The molecule has 0 saturated heterocycles. The summed E-state index contributed by atoms with van der Waals surface area (Å²) in [6, 6.07) is 28.1. The van der Waals surface area contributed by atoms with Gasteiger partial charge in [-0.15, -0.1) is 0 Å². The molecule has 1 aromatic heterocycles. The highest BCUT2D eigenvalue weighted by atomic mass is 31.2. The lowest BCUT2D eigenvalue weighted by Gasteiger charge is -2.22. The lowest BCUT2D eigenvalue weighted by Crippen LogP contribution is -2.14. The van der Waals surface area contributed by atoms with E-state index in [1.165, 1.54) is 49.8 Å². The van der Waals surface area contributed by atoms with Crippen LogP contribution in [0.2, 0.25) is 0 Å². The molecule has 214 valence electrons. The third-order valence-electron chi connectivity index (χ3n) is 7.69. The van der Waals surface area contributed by atoms with Crippen molar-refractivity contribution in [2.24, 2.45) is 0 Å². The average molecular weight is 583 g/mol. The largest absolute Gasteiger partial charge is 0.524 e. The Balaban J connectivity index is 1.30. The number of nitrogens with zero attached hydrogens (tertiary/aromatic N) is 1. The molecule has 1 heterocycles. The molecular formula is C33H31N2O6P. The molecule has 1 amide bonds. The van der Waals surface area contributed by atoms with Crippen LogP contribution in [0.3, 0.4) is 0 Å². The summed E-state index contributed by atoms with van der Waals surface area (Å²) in [6.45, 7) is 0. The van der Waals surface area contributed by atoms with Crippen LogP contribution in [-0.4, -0.2) is 20.7 Å². The summed E-state index contributed by atoms with van der Waals surface area (Å²) < 4.78 is 22.1. The van der Waals surface area contributed by atoms with E-state index in [1.54, 1.807) is 12.1 Å². The molecule has 0 bridgehead atoms. The van der Waals surface area contributed by atoms with Crippen molar-refractivity contribution in [3.05, 3.63) is 114 Å². The lowest BCUT2D eigenvalue weighted by molar-refractivity contribution is 0.102. The van der Waals surface area contributed by atoms with Gasteiger partial charge in [-0.25, -0.2) is 9.55 Å². The average Bonchev–Trinajstić information content (AvgIpc) is 3.41. The van der Waals surface area contributed by atoms with Crippen LogP contribution in [0.15, 0.2) is 95.4 Å². The van der Waals surface area contributed by atoms with Gasteiger partial charge in [0.2, 0.25) is 5.89 Å². The molecule has 6 rings (SSSR count). The van der Waals surface area contributed by atoms with Crippen molar-refractivity contribution in [2.75, 3.05) is 5.32 Å². The first-order valence-electron chi connectivity index (χ1n) is 14.1. The van der Waals surface area contributed by atoms with Crippen molar-refractivity contribution in [1.29, 1.82) is 0 Å². The lowest BCUT2D eigenvalue weighted by atomic mass is 9.84. The third-order valence-corrected chi connectivity index (χ3v) is 8.14. The predicted octanol–water partition coefficient (Wildman–Crippen LogP) is 7.86. The zero-order chi connectivity index (χ0) is 29.1. The molecule has 4 aromatic carbocycles. The van der Waals surface area contributed by atoms with Crippen molar-refractivity contribution >= 4 is 30.2 Å². The third kappa shape index (κ3) is 6.47. The van der Waals surface area contributed by atoms with Gasteiger partial charge in [0.25, 0.3) is 5.91 Å². The molecule has 5 aromatic rings. The van der Waals surface area contributed by atoms with Crippen LogP contribution in [0, 0.1) is 0 Å². The molecule has 1 aliphatic carbocycles. The fourth-order valence-corrected chi connectivity index (χ4v) is 6.03. The minimum atomic E-state index is -4.67. The second kappa shape index (κ2) is 11.9. The number of carbonyl (C=O) groups is 1. The van der Waals surface area contributed by atoms with E-state index in [1.807, 2.05) is 54.6 Å². The van der Waals surface area contributed by atoms with Crippen LogP contribution in [0.4, 0.5) is 5.69 Å². The minimum absolute atomic E-state index is 0.0377. The fourth-order valence-electron chi connectivity index (χ4n) is 5.63. The number of aromatic nitrogens is 1. The standard InChI is InChI=1S/C33H31N2O6P/c36-32(34-26-17-15-24(16-18-26)23-7-2-1-3-8-23)31-30(21-22-13-19-27(20-14-22)41-42(37,38)39)40-33(35-31)29-12-6-10-25-9-4-5-11-28(25)29/h4-6,9-20,23H,1-3,7-8,21H2,(H,34,36)(H2,37,38,39). The monoisotopic (exact) mass is 582 g/mol. The summed E-state index contributed by atoms with van der Waals surface area (Å²) in [5.74, 6) is 0.939. The molecule has 1 fully saturated rings. The molecule has 0 unspecified atom stereocenters. The topological polar surface area (TPSA) is 122 Å². The second-order valence-corrected chi connectivity index (χ2v) is 11.8. The minimum Gasteiger partial charge on any atom is -0.440 e. The number of nitrogens with one attached hydrogen (secondary N) is 1. The number of benzene rings is 4. The Morgan fingerprint density at radius 3 is 2.36 bits per heavy atom. The molecule has 1 aliphatic rings. The van der Waals surface area contributed by atoms with Crippen molar-refractivity contribution in [3.63, 3.8) is 0 Å². The predicted molar refractivity (Wildman–Crippen MR) is 162 cm³/mol. The SMILES string of the molecule is O=C(Nc1ccc(C2CCCCC2)cc1)c1nc(-c2cccc3ccccc23)oc1Cc1ccc(OP(=O)(O)O)cc1. The number of rotatable bonds is 8. The van der Waals surface area contributed by atoms with Gasteiger partial charge >= 0.3 is 7.82 Å². The smallest absolute Gasteiger partial charge is 0.440 e. The van der Waals surface area contributed by atoms with Crippen molar-refractivity contribution in [2.45, 2.75) is 44.4 Å². The van der Waals surface area contributed by atoms with Gasteiger partial charge in [-0.3, -0.25) is 14.6 Å². The summed E-state index contributed by atoms with van der Waals surface area (Å²) in [5.41, 5.74) is 3.68. The molecule has 8 nitrogen and oxygen atoms in total. The normalized spacial score (nSPS) is 14.1. The highest BCUT2D eigenvalue weighted by Gasteiger charge is 2.23. The maximum absolute atomic E-state index is 13.6. The van der Waals surface area contributed by atoms with Gasteiger partial charge in [0.05, 0.1) is 0 Å². The Hall–Kier alpha value is -4.23. The van der Waals surface area contributed by atoms with E-state index in [4.69, 9.17) is 14.2 Å². The molecule has 0 radical (unpaired) electrons. The van der Waals surface area contributed by atoms with Crippen LogP contribution < -0.4 is 9.84 Å². The molecule has 1 saturated carbocycles. The van der Waals surface area contributed by atoms with Crippen molar-refractivity contribution < 1.29 is 28.1 Å². The Kier molecular flexibility index (Phi) is 7.94. The molecule has 42 heavy (non-hydrogen) atoms. The molecular weight excluding hydrogens is 551 g/mol. The first kappa shape index (κ1) is 27.9. The molecule has 0 spiro atoms. The van der Waals surface area contributed by atoms with Crippen LogP contribution in [0.5, 0.6) is 5.75 Å². The van der Waals surface area contributed by atoms with E-state index in [0.717, 1.165) is 21.9 Å². The number of amides is 1. The fraction of sp³-hybridized carbons (Fsp3) is 0.212. The zero-order valence-electron chi connectivity index (χ0n) is 22.9. The van der Waals surface area contributed by atoms with E-state index in [2.05, 4.69) is 27.0 Å². The molecule has 3 N–H and O–H groups in total. The van der Waals surface area contributed by atoms with E-state index < -0.39 is 7.82 Å². The van der Waals surface area contributed by atoms with E-state index in [0.29, 0.717) is 23.3 Å². The summed E-state index contributed by atoms with van der Waals surface area (Å²) in [5, 5.41) is 4.97. The Morgan fingerprint density at radius 1 is 0.905 bits per heavy atom. The number of phosphoric acid groups is 1. The second-order valence-electron chi connectivity index (χ2n) is 10.6. The van der Waals surface area contributed by atoms with E-state index >= 15 is 0 Å². The van der Waals surface area contributed by atoms with Crippen LogP contribution in [0.25, 0.3) is 22.2 Å². The molecule has 9 heteroatoms. The summed E-state index contributed by atoms with van der Waals surface area (Å²) in [4.78, 5) is 36.4. The first-order valence-corrected chi connectivity index (χ1v) is 15.6.